The molecule has 0 bridgehead atoms. The van der Waals surface area contributed by atoms with E-state index in [0.29, 0.717) is 24.8 Å². The van der Waals surface area contributed by atoms with Gasteiger partial charge < -0.3 is 19.5 Å². The smallest absolute Gasteiger partial charge is 0.315 e. The fraction of sp³-hybridized carbons (Fsp3) is 0.500. The van der Waals surface area contributed by atoms with Gasteiger partial charge in [-0.2, -0.15) is 4.98 Å². The van der Waals surface area contributed by atoms with Crippen LogP contribution < -0.4 is 10.2 Å². The highest BCUT2D eigenvalue weighted by Crippen LogP contribution is 2.41. The standard InChI is InChI=1S/C16H19N5O3/c1-10-19-14(24-20-10)11-3-4-13(18-5-11)21-7-12-6-17-8-16(12,9-21)15(22)23-2/h3-5,12,17H,6-9H2,1-2H3/t12-,16-/m0/s1. The predicted molar refractivity (Wildman–Crippen MR) is 85.3 cm³/mol. The third kappa shape index (κ3) is 2.25. The normalized spacial score (nSPS) is 25.8. The summed E-state index contributed by atoms with van der Waals surface area (Å²) in [5.41, 5.74) is 0.307. The number of hydrogen-bond donors (Lipinski definition) is 1. The van der Waals surface area contributed by atoms with Crippen molar-refractivity contribution >= 4 is 11.8 Å². The summed E-state index contributed by atoms with van der Waals surface area (Å²) < 4.78 is 10.2. The zero-order valence-corrected chi connectivity index (χ0v) is 13.7. The Morgan fingerprint density at radius 2 is 2.38 bits per heavy atom. The first-order valence-electron chi connectivity index (χ1n) is 7.93. The molecule has 8 heteroatoms. The average molecular weight is 329 g/mol. The third-order valence-electron chi connectivity index (χ3n) is 4.96. The van der Waals surface area contributed by atoms with E-state index in [1.807, 2.05) is 12.1 Å². The average Bonchev–Trinajstić information content (AvgIpc) is 3.28. The Labute approximate surface area is 139 Å². The number of ether oxygens (including phenoxy) is 1. The fourth-order valence-corrected chi connectivity index (χ4v) is 3.70. The maximum Gasteiger partial charge on any atom is 0.315 e. The summed E-state index contributed by atoms with van der Waals surface area (Å²) in [6, 6.07) is 3.83. The number of carbonyl (C=O) groups is 1. The van der Waals surface area contributed by atoms with E-state index < -0.39 is 5.41 Å². The highest BCUT2D eigenvalue weighted by molar-refractivity contribution is 5.80. The largest absolute Gasteiger partial charge is 0.468 e. The number of fused-ring (bicyclic) bond motifs is 1. The molecule has 2 aliphatic rings. The molecule has 2 atom stereocenters. The molecule has 0 saturated carbocycles. The van der Waals surface area contributed by atoms with E-state index in [0.717, 1.165) is 24.5 Å². The van der Waals surface area contributed by atoms with Crippen molar-refractivity contribution in [2.45, 2.75) is 6.92 Å². The van der Waals surface area contributed by atoms with E-state index in [2.05, 4.69) is 25.3 Å². The Kier molecular flexibility index (Phi) is 3.49. The van der Waals surface area contributed by atoms with Crippen LogP contribution >= 0.6 is 0 Å². The lowest BCUT2D eigenvalue weighted by atomic mass is 9.81. The van der Waals surface area contributed by atoms with Crippen molar-refractivity contribution in [2.75, 3.05) is 38.2 Å². The number of nitrogens with zero attached hydrogens (tertiary/aromatic N) is 4. The fourth-order valence-electron chi connectivity index (χ4n) is 3.70. The second-order valence-electron chi connectivity index (χ2n) is 6.41. The number of hydrogen-bond acceptors (Lipinski definition) is 8. The van der Waals surface area contributed by atoms with E-state index in [9.17, 15) is 4.79 Å². The van der Waals surface area contributed by atoms with Crippen molar-refractivity contribution in [3.63, 3.8) is 0 Å². The highest BCUT2D eigenvalue weighted by atomic mass is 16.5. The van der Waals surface area contributed by atoms with Gasteiger partial charge in [-0.15, -0.1) is 0 Å². The SMILES string of the molecule is COC(=O)[C@]12CNC[C@H]1CN(c1ccc(-c3nc(C)no3)cn1)C2. The Balaban J connectivity index is 1.56. The van der Waals surface area contributed by atoms with Crippen LogP contribution in [0.15, 0.2) is 22.9 Å². The van der Waals surface area contributed by atoms with E-state index in [1.54, 1.807) is 13.1 Å². The van der Waals surface area contributed by atoms with Gasteiger partial charge in [-0.25, -0.2) is 4.98 Å². The van der Waals surface area contributed by atoms with Crippen molar-refractivity contribution in [1.29, 1.82) is 0 Å². The number of carbonyl (C=O) groups excluding carboxylic acids is 1. The minimum atomic E-state index is -0.474. The molecule has 2 saturated heterocycles. The number of esters is 1. The second-order valence-corrected chi connectivity index (χ2v) is 6.41. The summed E-state index contributed by atoms with van der Waals surface area (Å²) in [6.07, 6.45) is 1.72. The lowest BCUT2D eigenvalue weighted by Crippen LogP contribution is -2.41. The van der Waals surface area contributed by atoms with Crippen molar-refractivity contribution in [3.05, 3.63) is 24.2 Å². The Hall–Kier alpha value is -2.48. The lowest BCUT2D eigenvalue weighted by Gasteiger charge is -2.24. The monoisotopic (exact) mass is 329 g/mol. The van der Waals surface area contributed by atoms with Gasteiger partial charge in [0, 0.05) is 38.3 Å². The van der Waals surface area contributed by atoms with Crippen LogP contribution in [0.4, 0.5) is 5.82 Å². The van der Waals surface area contributed by atoms with Crippen LogP contribution in [0.5, 0.6) is 0 Å². The number of aryl methyl sites for hydroxylation is 1. The first-order chi connectivity index (χ1) is 11.6. The molecule has 0 unspecified atom stereocenters. The molecule has 24 heavy (non-hydrogen) atoms. The number of methoxy groups -OCH3 is 1. The van der Waals surface area contributed by atoms with Crippen molar-refractivity contribution in [1.82, 2.24) is 20.4 Å². The molecule has 4 rings (SSSR count). The molecule has 0 amide bonds. The van der Waals surface area contributed by atoms with Gasteiger partial charge in [-0.3, -0.25) is 4.79 Å². The first-order valence-corrected chi connectivity index (χ1v) is 7.93. The molecule has 2 aromatic heterocycles. The predicted octanol–water partition coefficient (Wildman–Crippen LogP) is 0.639. The third-order valence-corrected chi connectivity index (χ3v) is 4.96. The molecule has 2 aromatic rings. The molecule has 2 fully saturated rings. The molecule has 2 aliphatic heterocycles. The van der Waals surface area contributed by atoms with E-state index in [1.165, 1.54) is 7.11 Å². The first kappa shape index (κ1) is 15.1. The zero-order valence-electron chi connectivity index (χ0n) is 13.7. The highest BCUT2D eigenvalue weighted by Gasteiger charge is 2.56. The van der Waals surface area contributed by atoms with E-state index in [-0.39, 0.29) is 11.9 Å². The zero-order chi connectivity index (χ0) is 16.7. The lowest BCUT2D eigenvalue weighted by molar-refractivity contribution is -0.151. The van der Waals surface area contributed by atoms with Crippen molar-refractivity contribution < 1.29 is 14.1 Å². The summed E-state index contributed by atoms with van der Waals surface area (Å²) in [6.45, 7) is 4.65. The molecular formula is C16H19N5O3. The molecule has 0 aliphatic carbocycles. The minimum absolute atomic E-state index is 0.141. The van der Waals surface area contributed by atoms with Crippen LogP contribution in [0.3, 0.4) is 0 Å². The number of pyridine rings is 1. The van der Waals surface area contributed by atoms with Crippen LogP contribution in [0.1, 0.15) is 5.82 Å². The Morgan fingerprint density at radius 1 is 1.50 bits per heavy atom. The van der Waals surface area contributed by atoms with Crippen LogP contribution in [-0.2, 0) is 9.53 Å². The molecule has 4 heterocycles. The molecule has 1 N–H and O–H groups in total. The van der Waals surface area contributed by atoms with Gasteiger partial charge in [-0.05, 0) is 19.1 Å². The van der Waals surface area contributed by atoms with Gasteiger partial charge in [0.15, 0.2) is 5.82 Å². The van der Waals surface area contributed by atoms with Gasteiger partial charge in [0.25, 0.3) is 5.89 Å². The topological polar surface area (TPSA) is 93.4 Å². The summed E-state index contributed by atoms with van der Waals surface area (Å²) >= 11 is 0. The van der Waals surface area contributed by atoms with Crippen LogP contribution in [-0.4, -0.2) is 54.4 Å². The molecule has 126 valence electrons. The number of nitrogens with one attached hydrogen (secondary N) is 1. The molecule has 0 spiro atoms. The maximum absolute atomic E-state index is 12.3. The number of aromatic nitrogens is 3. The van der Waals surface area contributed by atoms with Gasteiger partial charge >= 0.3 is 5.97 Å². The maximum atomic E-state index is 12.3. The number of anilines is 1. The second kappa shape index (κ2) is 5.55. The molecule has 0 aromatic carbocycles. The van der Waals surface area contributed by atoms with Crippen LogP contribution in [0, 0.1) is 18.3 Å². The summed E-state index contributed by atoms with van der Waals surface area (Å²) in [4.78, 5) is 23.2. The van der Waals surface area contributed by atoms with Crippen LogP contribution in [0.25, 0.3) is 11.5 Å². The Morgan fingerprint density at radius 3 is 3.04 bits per heavy atom. The Bertz CT molecular complexity index is 759. The minimum Gasteiger partial charge on any atom is -0.468 e. The summed E-state index contributed by atoms with van der Waals surface area (Å²) in [7, 11) is 1.45. The molecule has 0 radical (unpaired) electrons. The molecule has 8 nitrogen and oxygen atoms in total. The van der Waals surface area contributed by atoms with E-state index in [4.69, 9.17) is 9.26 Å². The molecular weight excluding hydrogens is 310 g/mol. The van der Waals surface area contributed by atoms with Crippen LogP contribution in [0.2, 0.25) is 0 Å². The van der Waals surface area contributed by atoms with Gasteiger partial charge in [0.05, 0.1) is 12.7 Å². The summed E-state index contributed by atoms with van der Waals surface area (Å²) in [5, 5.41) is 7.10. The van der Waals surface area contributed by atoms with Crippen molar-refractivity contribution in [3.8, 4) is 11.5 Å². The van der Waals surface area contributed by atoms with Gasteiger partial charge in [0.1, 0.15) is 11.2 Å². The number of rotatable bonds is 3. The van der Waals surface area contributed by atoms with Crippen molar-refractivity contribution in [2.24, 2.45) is 11.3 Å². The summed E-state index contributed by atoms with van der Waals surface area (Å²) in [5.74, 6) is 1.99. The van der Waals surface area contributed by atoms with E-state index >= 15 is 0 Å². The quantitative estimate of drug-likeness (QED) is 0.820. The van der Waals surface area contributed by atoms with Gasteiger partial charge in [-0.1, -0.05) is 5.16 Å². The van der Waals surface area contributed by atoms with Gasteiger partial charge in [0.2, 0.25) is 0 Å².